The Morgan fingerprint density at radius 1 is 1.17 bits per heavy atom. The number of primary amides is 1. The Labute approximate surface area is 273 Å². The smallest absolute Gasteiger partial charge is 0.401 e. The van der Waals surface area contributed by atoms with Gasteiger partial charge in [0.2, 0.25) is 5.91 Å². The van der Waals surface area contributed by atoms with Crippen molar-refractivity contribution in [1.82, 2.24) is 10.3 Å². The van der Waals surface area contributed by atoms with Gasteiger partial charge in [0.25, 0.3) is 5.91 Å². The minimum absolute atomic E-state index is 0.00313. The molecule has 0 bridgehead atoms. The summed E-state index contributed by atoms with van der Waals surface area (Å²) in [6.45, 7) is 3.30. The maximum atomic E-state index is 15.1. The van der Waals surface area contributed by atoms with E-state index < -0.39 is 46.9 Å². The first-order valence-corrected chi connectivity index (χ1v) is 16.0. The van der Waals surface area contributed by atoms with Crippen LogP contribution in [0.5, 0.6) is 11.5 Å². The van der Waals surface area contributed by atoms with Crippen LogP contribution >= 0.6 is 11.8 Å². The lowest BCUT2D eigenvalue weighted by molar-refractivity contribution is -0.184. The van der Waals surface area contributed by atoms with Gasteiger partial charge in [0.15, 0.2) is 0 Å². The predicted octanol–water partition coefficient (Wildman–Crippen LogP) is 7.20. The number of pyridine rings is 1. The second-order valence-corrected chi connectivity index (χ2v) is 13.5. The average Bonchev–Trinajstić information content (AvgIpc) is 3.60. The molecule has 0 unspecified atom stereocenters. The first-order chi connectivity index (χ1) is 22.2. The number of amides is 2. The maximum Gasteiger partial charge on any atom is 0.401 e. The number of carbonyl (C=O) groups excluding carboxylic acids is 2. The van der Waals surface area contributed by atoms with Crippen molar-refractivity contribution in [2.75, 3.05) is 13.2 Å². The molecule has 0 spiro atoms. The van der Waals surface area contributed by atoms with E-state index in [0.717, 1.165) is 47.9 Å². The van der Waals surface area contributed by atoms with Gasteiger partial charge in [-0.3, -0.25) is 9.59 Å². The van der Waals surface area contributed by atoms with Gasteiger partial charge < -0.3 is 20.5 Å². The van der Waals surface area contributed by atoms with E-state index in [0.29, 0.717) is 12.2 Å². The summed E-state index contributed by atoms with van der Waals surface area (Å²) < 4.78 is 70.8. The normalized spacial score (nSPS) is 21.1. The van der Waals surface area contributed by atoms with Crippen LogP contribution in [0.4, 0.5) is 17.6 Å². The van der Waals surface area contributed by atoms with Crippen LogP contribution in [0.25, 0.3) is 16.8 Å². The average molecular weight is 668 g/mol. The lowest BCUT2D eigenvalue weighted by Crippen LogP contribution is -2.49. The van der Waals surface area contributed by atoms with E-state index in [4.69, 9.17) is 15.2 Å². The molecular weight excluding hydrogens is 634 g/mol. The minimum Gasteiger partial charge on any atom is -0.490 e. The van der Waals surface area contributed by atoms with Crippen molar-refractivity contribution in [3.8, 4) is 22.8 Å². The Balaban J connectivity index is 1.36. The molecule has 3 aromatic rings. The molecule has 246 valence electrons. The van der Waals surface area contributed by atoms with Crippen molar-refractivity contribution in [2.45, 2.75) is 63.1 Å². The van der Waals surface area contributed by atoms with Gasteiger partial charge in [-0.05, 0) is 98.0 Å². The summed E-state index contributed by atoms with van der Waals surface area (Å²) >= 11 is 1.58. The third-order valence-electron chi connectivity index (χ3n) is 8.97. The molecular formula is C35H33F4N3O4S. The van der Waals surface area contributed by atoms with Gasteiger partial charge >= 0.3 is 6.18 Å². The van der Waals surface area contributed by atoms with Gasteiger partial charge in [-0.1, -0.05) is 6.08 Å². The number of benzene rings is 2. The Morgan fingerprint density at radius 2 is 1.89 bits per heavy atom. The van der Waals surface area contributed by atoms with Crippen molar-refractivity contribution < 1.29 is 36.6 Å². The minimum atomic E-state index is -4.90. The van der Waals surface area contributed by atoms with E-state index in [1.807, 2.05) is 18.4 Å². The molecule has 0 radical (unpaired) electrons. The molecule has 3 aliphatic rings. The number of alkyl halides is 3. The molecule has 3 N–H and O–H groups in total. The summed E-state index contributed by atoms with van der Waals surface area (Å²) in [6.07, 6.45) is -0.235. The van der Waals surface area contributed by atoms with Gasteiger partial charge in [0, 0.05) is 35.2 Å². The number of nitrogens with zero attached hydrogens (tertiary/aromatic N) is 1. The molecule has 1 fully saturated rings. The fraction of sp³-hybridized carbons (Fsp3) is 0.343. The van der Waals surface area contributed by atoms with Crippen LogP contribution < -0.4 is 20.5 Å². The molecule has 6 rings (SSSR count). The number of thioether (sulfide) groups is 1. The number of carbonyl (C=O) groups is 2. The Morgan fingerprint density at radius 3 is 2.51 bits per heavy atom. The molecule has 2 aliphatic heterocycles. The van der Waals surface area contributed by atoms with Crippen molar-refractivity contribution >= 4 is 29.1 Å². The third-order valence-corrected chi connectivity index (χ3v) is 10.1. The van der Waals surface area contributed by atoms with E-state index in [9.17, 15) is 14.0 Å². The van der Waals surface area contributed by atoms with E-state index in [1.165, 1.54) is 31.2 Å². The zero-order chi connectivity index (χ0) is 33.7. The summed E-state index contributed by atoms with van der Waals surface area (Å²) in [7, 11) is 0. The summed E-state index contributed by atoms with van der Waals surface area (Å²) in [4.78, 5) is 31.5. The SMILES string of the molecule is C/C=C1\CC(c2cc(C(=O)NC[C@](C)(c3cc4c(c(-c5ccc(F)cc5)n3)OC[C@]4(C)C(N)=O)C(F)(F)F)ccc2OC2CC2)=CS1. The van der Waals surface area contributed by atoms with E-state index in [1.54, 1.807) is 23.9 Å². The summed E-state index contributed by atoms with van der Waals surface area (Å²) in [6, 6.07) is 11.1. The molecule has 1 aliphatic carbocycles. The molecule has 1 saturated carbocycles. The molecule has 1 aromatic heterocycles. The quantitative estimate of drug-likeness (QED) is 0.234. The first-order valence-electron chi connectivity index (χ1n) is 15.1. The molecule has 3 heterocycles. The summed E-state index contributed by atoms with van der Waals surface area (Å²) in [5.41, 5.74) is 3.36. The number of fused-ring (bicyclic) bond motifs is 1. The highest BCUT2D eigenvalue weighted by molar-refractivity contribution is 8.06. The highest BCUT2D eigenvalue weighted by atomic mass is 32.2. The van der Waals surface area contributed by atoms with Crippen LogP contribution in [-0.2, 0) is 15.6 Å². The number of hydrogen-bond acceptors (Lipinski definition) is 6. The van der Waals surface area contributed by atoms with Crippen molar-refractivity contribution in [1.29, 1.82) is 0 Å². The van der Waals surface area contributed by atoms with E-state index in [2.05, 4.69) is 10.3 Å². The summed E-state index contributed by atoms with van der Waals surface area (Å²) in [5, 5.41) is 4.48. The number of rotatable bonds is 9. The number of nitrogens with one attached hydrogen (secondary N) is 1. The molecule has 2 atom stereocenters. The number of allylic oxidation sites excluding steroid dienone is 3. The monoisotopic (exact) mass is 667 g/mol. The van der Waals surface area contributed by atoms with E-state index >= 15 is 13.2 Å². The van der Waals surface area contributed by atoms with Crippen LogP contribution in [0.15, 0.2) is 64.9 Å². The Bertz CT molecular complexity index is 1820. The molecule has 7 nitrogen and oxygen atoms in total. The highest BCUT2D eigenvalue weighted by Gasteiger charge is 2.55. The van der Waals surface area contributed by atoms with Gasteiger partial charge in [-0.2, -0.15) is 13.2 Å². The predicted molar refractivity (Wildman–Crippen MR) is 171 cm³/mol. The largest absolute Gasteiger partial charge is 0.490 e. The van der Waals surface area contributed by atoms with Crippen LogP contribution in [-0.4, -0.2) is 42.2 Å². The van der Waals surface area contributed by atoms with Crippen LogP contribution in [0.1, 0.15) is 67.2 Å². The highest BCUT2D eigenvalue weighted by Crippen LogP contribution is 2.48. The lowest BCUT2D eigenvalue weighted by Gasteiger charge is -2.33. The van der Waals surface area contributed by atoms with Crippen LogP contribution in [0.2, 0.25) is 0 Å². The van der Waals surface area contributed by atoms with Gasteiger partial charge in [-0.25, -0.2) is 9.37 Å². The third kappa shape index (κ3) is 6.10. The van der Waals surface area contributed by atoms with Crippen LogP contribution in [0, 0.1) is 5.82 Å². The maximum absolute atomic E-state index is 15.1. The van der Waals surface area contributed by atoms with Gasteiger partial charge in [0.1, 0.15) is 40.4 Å². The Kier molecular flexibility index (Phi) is 8.36. The van der Waals surface area contributed by atoms with Gasteiger partial charge in [0.05, 0.1) is 11.8 Å². The molecule has 47 heavy (non-hydrogen) atoms. The number of hydrogen-bond donors (Lipinski definition) is 2. The van der Waals surface area contributed by atoms with Gasteiger partial charge in [-0.15, -0.1) is 11.8 Å². The second kappa shape index (κ2) is 12.0. The zero-order valence-corrected chi connectivity index (χ0v) is 26.8. The van der Waals surface area contributed by atoms with Crippen LogP contribution in [0.3, 0.4) is 0 Å². The lowest BCUT2D eigenvalue weighted by atomic mass is 9.79. The first kappa shape index (κ1) is 32.6. The van der Waals surface area contributed by atoms with Crippen molar-refractivity contribution in [2.24, 2.45) is 5.73 Å². The van der Waals surface area contributed by atoms with Crippen molar-refractivity contribution in [3.05, 3.63) is 93.1 Å². The number of halogens is 4. The molecule has 2 amide bonds. The zero-order valence-electron chi connectivity index (χ0n) is 26.0. The number of ether oxygens (including phenoxy) is 2. The fourth-order valence-electron chi connectivity index (χ4n) is 5.51. The number of nitrogens with two attached hydrogens (primary N) is 1. The molecule has 0 saturated heterocycles. The fourth-order valence-corrected chi connectivity index (χ4v) is 6.38. The van der Waals surface area contributed by atoms with E-state index in [-0.39, 0.29) is 40.8 Å². The summed E-state index contributed by atoms with van der Waals surface area (Å²) in [5.74, 6) is -1.32. The topological polar surface area (TPSA) is 104 Å². The number of aromatic nitrogens is 1. The Hall–Kier alpha value is -4.32. The molecule has 12 heteroatoms. The second-order valence-electron chi connectivity index (χ2n) is 12.5. The van der Waals surface area contributed by atoms with Crippen molar-refractivity contribution in [3.63, 3.8) is 0 Å². The molecule has 2 aromatic carbocycles. The standard InChI is InChI=1S/C35H33F4N3O4S/c1-4-24-13-21(16-47-24)25-14-20(7-12-27(25)46-23-10-11-23)31(43)41-17-34(3,35(37,38)39)28-15-26-30(45-18-33(26,2)32(40)44)29(42-28)19-5-8-22(36)9-6-19/h4-9,12,14-16,23H,10-11,13,17-18H2,1-3H3,(H2,40,44)(H,41,43)/b24-4+/t33-,34+/m0/s1.